The van der Waals surface area contributed by atoms with Gasteiger partial charge in [0.05, 0.1) is 35.5 Å². The van der Waals surface area contributed by atoms with Crippen LogP contribution in [0.5, 0.6) is 51.7 Å². The SMILES string of the molecule is CC(=O)OCC1OC(Oc2cc3c(c(O)c2C)C(=O)c2ccc(O)cc2C3=O)C(OC2OC(C)C(O)C(O)C2O)C(O)C1O.Cc1c(O)cc2c(c1O)C(=O)c1ccc(O)cc1C2=O.Cc1c(OC2OC(CO)C(O)C(O)C2OC2OC(C)C(O)C(O)C2O)cc2c(c1O)C(=O)c1ccc(O)cc1C2=O. The van der Waals surface area contributed by atoms with Crippen molar-refractivity contribution in [2.24, 2.45) is 0 Å². The van der Waals surface area contributed by atoms with Gasteiger partial charge in [0.15, 0.2) is 59.5 Å². The van der Waals surface area contributed by atoms with Crippen LogP contribution in [0.1, 0.15) is 133 Å². The molecule has 13 rings (SSSR count). The number of hydrogen-bond donors (Lipinski definition) is 18. The zero-order valence-electron chi connectivity index (χ0n) is 56.0. The van der Waals surface area contributed by atoms with Crippen LogP contribution in [0.4, 0.5) is 0 Å². The summed E-state index contributed by atoms with van der Waals surface area (Å²) in [6.45, 7) is 6.86. The van der Waals surface area contributed by atoms with Gasteiger partial charge in [-0.05, 0) is 107 Å². The molecule has 0 saturated carbocycles. The fourth-order valence-corrected chi connectivity index (χ4v) is 12.9. The molecule has 0 amide bonds. The molecule has 0 spiro atoms. The third-order valence-corrected chi connectivity index (χ3v) is 19.0. The van der Waals surface area contributed by atoms with E-state index in [2.05, 4.69) is 0 Å². The van der Waals surface area contributed by atoms with E-state index in [1.54, 1.807) is 0 Å². The van der Waals surface area contributed by atoms with Gasteiger partial charge in [-0.25, -0.2) is 0 Å². The van der Waals surface area contributed by atoms with Gasteiger partial charge >= 0.3 is 5.97 Å². The van der Waals surface area contributed by atoms with Crippen LogP contribution in [-0.4, -0.2) is 269 Å². The summed E-state index contributed by atoms with van der Waals surface area (Å²) in [7, 11) is 0. The van der Waals surface area contributed by atoms with Gasteiger partial charge in [-0.1, -0.05) is 0 Å². The first-order valence-corrected chi connectivity index (χ1v) is 32.3. The summed E-state index contributed by atoms with van der Waals surface area (Å²) in [6.07, 6.45) is -31.7. The Labute approximate surface area is 592 Å². The van der Waals surface area contributed by atoms with Crippen molar-refractivity contribution < 1.29 is 168 Å². The Morgan fingerprint density at radius 3 is 1.09 bits per heavy atom. The van der Waals surface area contributed by atoms with Crippen LogP contribution >= 0.6 is 0 Å². The van der Waals surface area contributed by atoms with E-state index in [0.29, 0.717) is 0 Å². The Balaban J connectivity index is 0.000000168. The first-order chi connectivity index (χ1) is 49.5. The van der Waals surface area contributed by atoms with Crippen molar-refractivity contribution in [1.29, 1.82) is 0 Å². The summed E-state index contributed by atoms with van der Waals surface area (Å²) in [4.78, 5) is 89.1. The summed E-state index contributed by atoms with van der Waals surface area (Å²) >= 11 is 0. The standard InChI is InChI=1S/C29H32O15.C27H30O14.C15H10O5/c1-9-16(7-15-18(19(9)32)22(35)13-5-4-12(31)6-14(13)21(15)34)42-29-27(25(38)23(36)17(43-29)8-40-11(3)30)44-28-26(39)24(37)20(33)10(2)41-28;1-8-14(6-13-16(17(8)30)20(33)11-4-3-10(29)5-12(11)19(13)32)39-27-25(23(36)21(34)15(7-28)40-27)41-26-24(37)22(35)18(31)9(2)38-26;1-6-11(17)5-10-12(13(6)18)15(20)8-3-2-7(16)4-9(8)14(10)19/h4-7,10,17,20,23-29,31-33,36-39H,8H2,1-3H3;3-6,9,15,18,21-31,34-37H,7H2,1-2H3;2-5,16-18H,1H3. The average molecular weight is 1470 g/mol. The minimum absolute atomic E-state index is 0.00300. The van der Waals surface area contributed by atoms with Crippen LogP contribution in [0.15, 0.2) is 72.8 Å². The van der Waals surface area contributed by atoms with Gasteiger partial charge in [-0.2, -0.15) is 0 Å². The second kappa shape index (κ2) is 29.7. The molecule has 560 valence electrons. The van der Waals surface area contributed by atoms with Gasteiger partial charge in [-0.3, -0.25) is 33.6 Å². The van der Waals surface area contributed by atoms with Crippen molar-refractivity contribution in [1.82, 2.24) is 0 Å². The maximum Gasteiger partial charge on any atom is 0.302 e. The third kappa shape index (κ3) is 13.9. The summed E-state index contributed by atoms with van der Waals surface area (Å²) in [6, 6.07) is 14.6. The van der Waals surface area contributed by atoms with E-state index in [1.807, 2.05) is 0 Å². The highest BCUT2D eigenvalue weighted by molar-refractivity contribution is 6.31. The minimum atomic E-state index is -1.84. The Morgan fingerprint density at radius 1 is 0.381 bits per heavy atom. The second-order valence-corrected chi connectivity index (χ2v) is 25.8. The highest BCUT2D eigenvalue weighted by Gasteiger charge is 2.54. The summed E-state index contributed by atoms with van der Waals surface area (Å²) < 4.78 is 50.5. The number of ketones is 6. The van der Waals surface area contributed by atoms with Crippen LogP contribution in [0.3, 0.4) is 0 Å². The Kier molecular flexibility index (Phi) is 21.6. The zero-order valence-corrected chi connectivity index (χ0v) is 56.0. The number of esters is 1. The molecule has 6 aromatic rings. The molecule has 4 fully saturated rings. The number of fused-ring (bicyclic) bond motifs is 6. The summed E-state index contributed by atoms with van der Waals surface area (Å²) in [5.41, 5.74) is -1.16. The molecule has 7 aliphatic rings. The molecule has 34 heteroatoms. The highest BCUT2D eigenvalue weighted by atomic mass is 16.8. The number of ether oxygens (including phenoxy) is 9. The first kappa shape index (κ1) is 76.5. The Bertz CT molecular complexity index is 4490. The lowest BCUT2D eigenvalue weighted by molar-refractivity contribution is -0.354. The van der Waals surface area contributed by atoms with E-state index < -0.39 is 194 Å². The molecule has 18 N–H and O–H groups in total. The van der Waals surface area contributed by atoms with Crippen molar-refractivity contribution in [3.8, 4) is 51.7 Å². The quantitative estimate of drug-likeness (QED) is 0.0682. The molecular weight excluding hydrogens is 1400 g/mol. The maximum absolute atomic E-state index is 13.4. The van der Waals surface area contributed by atoms with E-state index in [4.69, 9.17) is 42.6 Å². The van der Waals surface area contributed by atoms with Crippen LogP contribution < -0.4 is 9.47 Å². The molecule has 34 nitrogen and oxygen atoms in total. The van der Waals surface area contributed by atoms with Gasteiger partial charge in [-0.15, -0.1) is 0 Å². The van der Waals surface area contributed by atoms with Crippen LogP contribution in [0, 0.1) is 20.8 Å². The topological polar surface area (TPSA) is 567 Å². The van der Waals surface area contributed by atoms with E-state index in [0.717, 1.165) is 37.3 Å². The van der Waals surface area contributed by atoms with E-state index >= 15 is 0 Å². The maximum atomic E-state index is 13.4. The minimum Gasteiger partial charge on any atom is -0.508 e. The molecule has 105 heavy (non-hydrogen) atoms. The van der Waals surface area contributed by atoms with Gasteiger partial charge in [0.1, 0.15) is 132 Å². The van der Waals surface area contributed by atoms with Crippen molar-refractivity contribution in [3.63, 3.8) is 0 Å². The van der Waals surface area contributed by atoms with Gasteiger partial charge in [0.2, 0.25) is 12.6 Å². The number of carbonyl (C=O) groups is 7. The summed E-state index contributed by atoms with van der Waals surface area (Å²) in [5.74, 6) is -7.31. The average Bonchev–Trinajstić information content (AvgIpc) is 0.751. The molecule has 0 bridgehead atoms. The lowest BCUT2D eigenvalue weighted by atomic mass is 9.82. The van der Waals surface area contributed by atoms with Crippen LogP contribution in [-0.2, 0) is 38.0 Å². The number of aliphatic hydroxyl groups is 11. The molecule has 6 aromatic carbocycles. The fourth-order valence-electron chi connectivity index (χ4n) is 12.9. The normalized spacial score (nSPS) is 30.2. The number of aliphatic hydroxyl groups excluding tert-OH is 11. The number of rotatable bonds is 11. The largest absolute Gasteiger partial charge is 0.508 e. The second-order valence-electron chi connectivity index (χ2n) is 25.8. The Hall–Kier alpha value is -9.67. The van der Waals surface area contributed by atoms with Crippen molar-refractivity contribution in [3.05, 3.63) is 156 Å². The van der Waals surface area contributed by atoms with Crippen LogP contribution in [0.25, 0.3) is 0 Å². The lowest BCUT2D eigenvalue weighted by Crippen LogP contribution is -2.64. The monoisotopic (exact) mass is 1470 g/mol. The molecular formula is C71H72O34. The lowest BCUT2D eigenvalue weighted by Gasteiger charge is -2.45. The van der Waals surface area contributed by atoms with Crippen molar-refractivity contribution in [2.45, 2.75) is 164 Å². The number of phenolic OH excluding ortho intramolecular Hbond substituents is 7. The van der Waals surface area contributed by atoms with Gasteiger partial charge in [0, 0.05) is 73.7 Å². The fraction of sp³-hybridized carbons (Fsp3) is 0.394. The molecule has 0 radical (unpaired) electrons. The molecule has 0 aromatic heterocycles. The first-order valence-electron chi connectivity index (χ1n) is 32.3. The van der Waals surface area contributed by atoms with Crippen molar-refractivity contribution >= 4 is 40.7 Å². The van der Waals surface area contributed by atoms with Crippen LogP contribution in [0.2, 0.25) is 0 Å². The smallest absolute Gasteiger partial charge is 0.302 e. The number of phenols is 7. The molecule has 20 unspecified atom stereocenters. The highest BCUT2D eigenvalue weighted by Crippen LogP contribution is 2.45. The zero-order chi connectivity index (χ0) is 76.7. The molecule has 3 aliphatic carbocycles. The third-order valence-electron chi connectivity index (χ3n) is 19.0. The van der Waals surface area contributed by atoms with Crippen molar-refractivity contribution in [2.75, 3.05) is 13.2 Å². The number of benzene rings is 6. The molecule has 4 aliphatic heterocycles. The van der Waals surface area contributed by atoms with E-state index in [9.17, 15) is 125 Å². The van der Waals surface area contributed by atoms with E-state index in [1.165, 1.54) is 77.1 Å². The number of carbonyl (C=O) groups excluding carboxylic acids is 7. The van der Waals surface area contributed by atoms with Gasteiger partial charge < -0.3 is 135 Å². The molecule has 20 atom stereocenters. The predicted octanol–water partition coefficient (Wildman–Crippen LogP) is -1.12. The molecule has 4 saturated heterocycles. The Morgan fingerprint density at radius 2 is 0.724 bits per heavy atom. The molecule has 4 heterocycles. The predicted molar refractivity (Wildman–Crippen MR) is 346 cm³/mol. The van der Waals surface area contributed by atoms with Gasteiger partial charge in [0.25, 0.3) is 0 Å². The summed E-state index contributed by atoms with van der Waals surface area (Å²) in [5, 5.41) is 185. The number of aromatic hydroxyl groups is 7. The number of hydrogen-bond acceptors (Lipinski definition) is 34. The van der Waals surface area contributed by atoms with E-state index in [-0.39, 0.29) is 118 Å².